The van der Waals surface area contributed by atoms with Gasteiger partial charge in [-0.3, -0.25) is 0 Å². The van der Waals surface area contributed by atoms with Gasteiger partial charge in [0.15, 0.2) is 0 Å². The van der Waals surface area contributed by atoms with Gasteiger partial charge >= 0.3 is 0 Å². The van der Waals surface area contributed by atoms with E-state index in [0.717, 1.165) is 23.7 Å². The quantitative estimate of drug-likeness (QED) is 0.839. The molecule has 0 aromatic heterocycles. The van der Waals surface area contributed by atoms with E-state index in [1.54, 1.807) is 0 Å². The van der Waals surface area contributed by atoms with Crippen LogP contribution < -0.4 is 5.73 Å². The van der Waals surface area contributed by atoms with Crippen LogP contribution in [-0.4, -0.2) is 11.8 Å². The zero-order valence-electron chi connectivity index (χ0n) is 8.37. The fourth-order valence-electron chi connectivity index (χ4n) is 1.18. The Morgan fingerprint density at radius 2 is 2.29 bits per heavy atom. The van der Waals surface area contributed by atoms with E-state index < -0.39 is 0 Å². The zero-order chi connectivity index (χ0) is 10.4. The van der Waals surface area contributed by atoms with Crippen LogP contribution in [0.1, 0.15) is 18.9 Å². The number of nitrogens with two attached hydrogens (primary N) is 1. The lowest BCUT2D eigenvalue weighted by atomic mass is 10.2. The summed E-state index contributed by atoms with van der Waals surface area (Å²) < 4.78 is 0. The van der Waals surface area contributed by atoms with E-state index in [9.17, 15) is 0 Å². The second-order valence-electron chi connectivity index (χ2n) is 3.33. The lowest BCUT2D eigenvalue weighted by molar-refractivity contribution is 0.823. The Balaban J connectivity index is 2.37. The van der Waals surface area contributed by atoms with Crippen LogP contribution >= 0.6 is 23.4 Å². The Kier molecular flexibility index (Phi) is 5.38. The highest BCUT2D eigenvalue weighted by Gasteiger charge is 2.01. The van der Waals surface area contributed by atoms with Gasteiger partial charge in [0.05, 0.1) is 0 Å². The summed E-state index contributed by atoms with van der Waals surface area (Å²) in [6.45, 7) is 2.98. The minimum Gasteiger partial charge on any atom is -0.330 e. The first-order valence-corrected chi connectivity index (χ1v) is 6.21. The summed E-state index contributed by atoms with van der Waals surface area (Å²) in [5, 5.41) is 1.44. The van der Waals surface area contributed by atoms with E-state index in [-0.39, 0.29) is 0 Å². The average molecular weight is 230 g/mol. The lowest BCUT2D eigenvalue weighted by Gasteiger charge is -2.09. The highest BCUT2D eigenvalue weighted by atomic mass is 35.5. The normalized spacial score (nSPS) is 12.8. The van der Waals surface area contributed by atoms with E-state index in [2.05, 4.69) is 13.0 Å². The van der Waals surface area contributed by atoms with Crippen molar-refractivity contribution in [3.63, 3.8) is 0 Å². The molecule has 0 aliphatic heterocycles. The molecule has 1 atom stereocenters. The standard InChI is InChI=1S/C11H16ClNS/c1-9(5-6-13)14-8-10-3-2-4-11(12)7-10/h2-4,7,9H,5-6,8,13H2,1H3. The summed E-state index contributed by atoms with van der Waals surface area (Å²) in [5.74, 6) is 1.02. The number of benzene rings is 1. The number of hydrogen-bond donors (Lipinski definition) is 1. The molecule has 0 heterocycles. The maximum atomic E-state index is 5.89. The highest BCUT2D eigenvalue weighted by Crippen LogP contribution is 2.21. The van der Waals surface area contributed by atoms with Crippen LogP contribution in [0.25, 0.3) is 0 Å². The molecule has 2 N–H and O–H groups in total. The van der Waals surface area contributed by atoms with Gasteiger partial charge in [0.25, 0.3) is 0 Å². The molecule has 0 saturated heterocycles. The van der Waals surface area contributed by atoms with Crippen LogP contribution in [-0.2, 0) is 5.75 Å². The molecular weight excluding hydrogens is 214 g/mol. The molecule has 0 bridgehead atoms. The van der Waals surface area contributed by atoms with Gasteiger partial charge in [-0.25, -0.2) is 0 Å². The SMILES string of the molecule is CC(CCN)SCc1cccc(Cl)c1. The number of halogens is 1. The first-order valence-electron chi connectivity index (χ1n) is 4.78. The Bertz CT molecular complexity index is 278. The van der Waals surface area contributed by atoms with Crippen molar-refractivity contribution >= 4 is 23.4 Å². The first-order chi connectivity index (χ1) is 6.72. The van der Waals surface area contributed by atoms with Crippen molar-refractivity contribution in [1.29, 1.82) is 0 Å². The molecule has 1 unspecified atom stereocenters. The molecule has 0 radical (unpaired) electrons. The van der Waals surface area contributed by atoms with Gasteiger partial charge in [-0.2, -0.15) is 11.8 Å². The van der Waals surface area contributed by atoms with Gasteiger partial charge in [-0.05, 0) is 30.7 Å². The number of thioether (sulfide) groups is 1. The summed E-state index contributed by atoms with van der Waals surface area (Å²) in [4.78, 5) is 0. The first kappa shape index (κ1) is 11.9. The Labute approximate surface area is 95.0 Å². The molecule has 1 nitrogen and oxygen atoms in total. The molecule has 0 aliphatic carbocycles. The van der Waals surface area contributed by atoms with Crippen LogP contribution in [0, 0.1) is 0 Å². The lowest BCUT2D eigenvalue weighted by Crippen LogP contribution is -2.07. The summed E-state index contributed by atoms with van der Waals surface area (Å²) in [6, 6.07) is 8.02. The molecule has 0 amide bonds. The highest BCUT2D eigenvalue weighted by molar-refractivity contribution is 7.99. The Morgan fingerprint density at radius 1 is 1.50 bits per heavy atom. The minimum absolute atomic E-state index is 0.624. The van der Waals surface area contributed by atoms with E-state index in [0.29, 0.717) is 5.25 Å². The monoisotopic (exact) mass is 229 g/mol. The van der Waals surface area contributed by atoms with Gasteiger partial charge in [0, 0.05) is 16.0 Å². The molecule has 0 spiro atoms. The largest absolute Gasteiger partial charge is 0.330 e. The molecule has 14 heavy (non-hydrogen) atoms. The van der Waals surface area contributed by atoms with Crippen molar-refractivity contribution in [2.75, 3.05) is 6.54 Å². The van der Waals surface area contributed by atoms with Crippen molar-refractivity contribution in [1.82, 2.24) is 0 Å². The second-order valence-corrected chi connectivity index (χ2v) is 5.19. The molecule has 78 valence electrons. The second kappa shape index (κ2) is 6.33. The average Bonchev–Trinajstić information content (AvgIpc) is 2.15. The van der Waals surface area contributed by atoms with Gasteiger partial charge in [-0.1, -0.05) is 30.7 Å². The molecule has 0 saturated carbocycles. The van der Waals surface area contributed by atoms with Crippen molar-refractivity contribution in [2.45, 2.75) is 24.3 Å². The van der Waals surface area contributed by atoms with Gasteiger partial charge < -0.3 is 5.73 Å². The predicted octanol–water partition coefficient (Wildman–Crippen LogP) is 3.31. The smallest absolute Gasteiger partial charge is 0.0409 e. The van der Waals surface area contributed by atoms with E-state index in [1.807, 2.05) is 30.0 Å². The molecule has 0 aliphatic rings. The van der Waals surface area contributed by atoms with Crippen molar-refractivity contribution in [2.24, 2.45) is 5.73 Å². The third kappa shape index (κ3) is 4.36. The molecule has 1 aromatic carbocycles. The molecule has 0 fully saturated rings. The van der Waals surface area contributed by atoms with E-state index in [1.165, 1.54) is 5.56 Å². The van der Waals surface area contributed by atoms with Gasteiger partial charge in [-0.15, -0.1) is 0 Å². The van der Waals surface area contributed by atoms with Crippen LogP contribution in [0.15, 0.2) is 24.3 Å². The molecule has 3 heteroatoms. The third-order valence-electron chi connectivity index (χ3n) is 2.00. The molecule has 1 aromatic rings. The van der Waals surface area contributed by atoms with Crippen molar-refractivity contribution in [3.8, 4) is 0 Å². The third-order valence-corrected chi connectivity index (χ3v) is 3.54. The molecular formula is C11H16ClNS. The van der Waals surface area contributed by atoms with E-state index >= 15 is 0 Å². The fourth-order valence-corrected chi connectivity index (χ4v) is 2.36. The zero-order valence-corrected chi connectivity index (χ0v) is 9.94. The Hall–Kier alpha value is -0.180. The van der Waals surface area contributed by atoms with E-state index in [4.69, 9.17) is 17.3 Å². The summed E-state index contributed by atoms with van der Waals surface area (Å²) >= 11 is 7.82. The van der Waals surface area contributed by atoms with Crippen molar-refractivity contribution in [3.05, 3.63) is 34.9 Å². The van der Waals surface area contributed by atoms with Crippen molar-refractivity contribution < 1.29 is 0 Å². The number of hydrogen-bond acceptors (Lipinski definition) is 2. The van der Waals surface area contributed by atoms with Gasteiger partial charge in [0.2, 0.25) is 0 Å². The van der Waals surface area contributed by atoms with Gasteiger partial charge in [0.1, 0.15) is 0 Å². The summed E-state index contributed by atoms with van der Waals surface area (Å²) in [7, 11) is 0. The van der Waals surface area contributed by atoms with Crippen LogP contribution in [0.2, 0.25) is 5.02 Å². The summed E-state index contributed by atoms with van der Waals surface area (Å²) in [6.07, 6.45) is 1.07. The maximum absolute atomic E-state index is 5.89. The fraction of sp³-hybridized carbons (Fsp3) is 0.455. The topological polar surface area (TPSA) is 26.0 Å². The minimum atomic E-state index is 0.624. The summed E-state index contributed by atoms with van der Waals surface area (Å²) in [5.41, 5.74) is 6.77. The molecule has 1 rings (SSSR count). The van der Waals surface area contributed by atoms with Crippen LogP contribution in [0.4, 0.5) is 0 Å². The van der Waals surface area contributed by atoms with Crippen LogP contribution in [0.5, 0.6) is 0 Å². The maximum Gasteiger partial charge on any atom is 0.0409 e. The Morgan fingerprint density at radius 3 is 2.93 bits per heavy atom. The predicted molar refractivity (Wildman–Crippen MR) is 65.9 cm³/mol. The number of rotatable bonds is 5. The van der Waals surface area contributed by atoms with Crippen LogP contribution in [0.3, 0.4) is 0 Å².